The van der Waals surface area contributed by atoms with Crippen LogP contribution in [0.15, 0.2) is 35.2 Å². The third kappa shape index (κ3) is 2.45. The van der Waals surface area contributed by atoms with E-state index in [4.69, 9.17) is 5.11 Å². The maximum Gasteiger partial charge on any atom is 0.246 e. The molecule has 1 aromatic carbocycles. The lowest BCUT2D eigenvalue weighted by Gasteiger charge is -2.23. The summed E-state index contributed by atoms with van der Waals surface area (Å²) in [6.45, 7) is 0.313. The Morgan fingerprint density at radius 2 is 2.11 bits per heavy atom. The van der Waals surface area contributed by atoms with Crippen molar-refractivity contribution in [3.8, 4) is 0 Å². The highest BCUT2D eigenvalue weighted by Gasteiger charge is 2.27. The molecule has 18 heavy (non-hydrogen) atoms. The van der Waals surface area contributed by atoms with Crippen LogP contribution in [-0.2, 0) is 16.6 Å². The van der Waals surface area contributed by atoms with Crippen molar-refractivity contribution < 1.29 is 17.9 Å². The van der Waals surface area contributed by atoms with Gasteiger partial charge in [0.15, 0.2) is 0 Å². The van der Waals surface area contributed by atoms with Crippen molar-refractivity contribution in [1.82, 2.24) is 4.31 Å². The maximum atomic E-state index is 13.8. The molecule has 0 bridgehead atoms. The van der Waals surface area contributed by atoms with Gasteiger partial charge in [0.2, 0.25) is 10.0 Å². The van der Waals surface area contributed by atoms with Gasteiger partial charge in [-0.05, 0) is 24.1 Å². The molecule has 0 saturated carbocycles. The van der Waals surface area contributed by atoms with Gasteiger partial charge in [0.25, 0.3) is 0 Å². The topological polar surface area (TPSA) is 57.6 Å². The maximum absolute atomic E-state index is 13.8. The van der Waals surface area contributed by atoms with Crippen molar-refractivity contribution >= 4 is 10.0 Å². The molecule has 2 rings (SSSR count). The summed E-state index contributed by atoms with van der Waals surface area (Å²) in [5.74, 6) is -0.823. The number of rotatable bonds is 3. The van der Waals surface area contributed by atoms with Crippen LogP contribution < -0.4 is 0 Å². The molecule has 0 radical (unpaired) electrons. The second-order valence-electron chi connectivity index (χ2n) is 4.05. The minimum atomic E-state index is -3.79. The molecule has 1 heterocycles. The van der Waals surface area contributed by atoms with E-state index in [0.717, 1.165) is 6.07 Å². The molecule has 6 heteroatoms. The van der Waals surface area contributed by atoms with E-state index in [9.17, 15) is 12.8 Å². The number of hydrogen-bond acceptors (Lipinski definition) is 3. The van der Waals surface area contributed by atoms with Crippen LogP contribution in [0, 0.1) is 5.82 Å². The predicted molar refractivity (Wildman–Crippen MR) is 64.8 cm³/mol. The minimum Gasteiger partial charge on any atom is -0.392 e. The van der Waals surface area contributed by atoms with Gasteiger partial charge in [-0.25, -0.2) is 12.8 Å². The lowest BCUT2D eigenvalue weighted by atomic mass is 10.2. The van der Waals surface area contributed by atoms with Crippen LogP contribution in [0.25, 0.3) is 0 Å². The Balaban J connectivity index is 2.38. The number of nitrogens with zero attached hydrogens (tertiary/aromatic N) is 1. The molecule has 0 aromatic heterocycles. The summed E-state index contributed by atoms with van der Waals surface area (Å²) in [6.07, 6.45) is 4.29. The van der Waals surface area contributed by atoms with E-state index in [1.54, 1.807) is 6.08 Å². The van der Waals surface area contributed by atoms with Gasteiger partial charge in [-0.1, -0.05) is 18.2 Å². The van der Waals surface area contributed by atoms with E-state index < -0.39 is 15.8 Å². The van der Waals surface area contributed by atoms with Crippen LogP contribution >= 0.6 is 0 Å². The fourth-order valence-electron chi connectivity index (χ4n) is 1.83. The number of sulfonamides is 1. The fraction of sp³-hybridized carbons (Fsp3) is 0.333. The van der Waals surface area contributed by atoms with Crippen LogP contribution in [0.3, 0.4) is 0 Å². The highest BCUT2D eigenvalue weighted by atomic mass is 32.2. The van der Waals surface area contributed by atoms with E-state index in [-0.39, 0.29) is 18.0 Å². The zero-order valence-electron chi connectivity index (χ0n) is 9.71. The molecule has 0 saturated heterocycles. The molecule has 0 unspecified atom stereocenters. The van der Waals surface area contributed by atoms with E-state index >= 15 is 0 Å². The van der Waals surface area contributed by atoms with Gasteiger partial charge in [-0.2, -0.15) is 4.31 Å². The van der Waals surface area contributed by atoms with Crippen molar-refractivity contribution in [3.05, 3.63) is 41.7 Å². The molecule has 98 valence electrons. The Labute approximate surface area is 105 Å². The second kappa shape index (κ2) is 5.17. The van der Waals surface area contributed by atoms with E-state index in [1.807, 2.05) is 6.08 Å². The number of aliphatic hydroxyl groups is 1. The minimum absolute atomic E-state index is 0.267. The monoisotopic (exact) mass is 271 g/mol. The second-order valence-corrected chi connectivity index (χ2v) is 5.95. The van der Waals surface area contributed by atoms with Crippen LogP contribution in [0.1, 0.15) is 12.0 Å². The van der Waals surface area contributed by atoms with Gasteiger partial charge < -0.3 is 5.11 Å². The van der Waals surface area contributed by atoms with Gasteiger partial charge in [0.05, 0.1) is 6.61 Å². The van der Waals surface area contributed by atoms with Gasteiger partial charge in [0.1, 0.15) is 10.7 Å². The number of benzene rings is 1. The summed E-state index contributed by atoms with van der Waals surface area (Å²) in [5, 5.41) is 8.87. The SMILES string of the molecule is O=S(=O)(c1ccc(CO)cc1F)N1CC=CCC1. The standard InChI is InChI=1S/C12H14FNO3S/c13-11-8-10(9-15)4-5-12(11)18(16,17)14-6-2-1-3-7-14/h1-2,4-5,8,15H,3,6-7,9H2. The van der Waals surface area contributed by atoms with Crippen molar-refractivity contribution in [2.75, 3.05) is 13.1 Å². The summed E-state index contributed by atoms with van der Waals surface area (Å²) in [7, 11) is -3.79. The van der Waals surface area contributed by atoms with Crippen molar-refractivity contribution in [3.63, 3.8) is 0 Å². The Morgan fingerprint density at radius 1 is 1.33 bits per heavy atom. The van der Waals surface area contributed by atoms with Crippen LogP contribution in [0.5, 0.6) is 0 Å². The predicted octanol–water partition coefficient (Wildman–Crippen LogP) is 1.27. The van der Waals surface area contributed by atoms with Crippen LogP contribution in [-0.4, -0.2) is 30.9 Å². The Bertz CT molecular complexity index is 569. The number of hydrogen-bond donors (Lipinski definition) is 1. The first-order chi connectivity index (χ1) is 8.55. The highest BCUT2D eigenvalue weighted by Crippen LogP contribution is 2.22. The van der Waals surface area contributed by atoms with E-state index in [1.165, 1.54) is 16.4 Å². The summed E-state index contributed by atoms with van der Waals surface area (Å²) < 4.78 is 39.4. The molecule has 0 amide bonds. The summed E-state index contributed by atoms with van der Waals surface area (Å²) in [4.78, 5) is -0.338. The van der Waals surface area contributed by atoms with Crippen molar-refractivity contribution in [2.24, 2.45) is 0 Å². The third-order valence-corrected chi connectivity index (χ3v) is 4.72. The Hall–Kier alpha value is -1.24. The zero-order chi connectivity index (χ0) is 13.2. The Morgan fingerprint density at radius 3 is 2.67 bits per heavy atom. The molecule has 1 aromatic rings. The molecule has 4 nitrogen and oxygen atoms in total. The molecule has 1 aliphatic heterocycles. The average molecular weight is 271 g/mol. The highest BCUT2D eigenvalue weighted by molar-refractivity contribution is 7.89. The Kier molecular flexibility index (Phi) is 3.79. The molecule has 0 fully saturated rings. The zero-order valence-corrected chi connectivity index (χ0v) is 10.5. The van der Waals surface area contributed by atoms with Crippen LogP contribution in [0.2, 0.25) is 0 Å². The largest absolute Gasteiger partial charge is 0.392 e. The van der Waals surface area contributed by atoms with Crippen molar-refractivity contribution in [2.45, 2.75) is 17.9 Å². The number of halogens is 1. The molecule has 1 N–H and O–H groups in total. The quantitative estimate of drug-likeness (QED) is 0.842. The molecule has 1 aliphatic rings. The molecular formula is C12H14FNO3S. The summed E-state index contributed by atoms with van der Waals surface area (Å²) in [6, 6.07) is 3.66. The summed E-state index contributed by atoms with van der Waals surface area (Å²) in [5.41, 5.74) is 0.352. The lowest BCUT2D eigenvalue weighted by Crippen LogP contribution is -2.34. The first-order valence-electron chi connectivity index (χ1n) is 5.60. The summed E-state index contributed by atoms with van der Waals surface area (Å²) >= 11 is 0. The van der Waals surface area contributed by atoms with Gasteiger partial charge in [-0.15, -0.1) is 0 Å². The molecular weight excluding hydrogens is 257 g/mol. The first-order valence-corrected chi connectivity index (χ1v) is 7.04. The third-order valence-electron chi connectivity index (χ3n) is 2.82. The van der Waals surface area contributed by atoms with Gasteiger partial charge >= 0.3 is 0 Å². The van der Waals surface area contributed by atoms with E-state index in [0.29, 0.717) is 18.5 Å². The van der Waals surface area contributed by atoms with E-state index in [2.05, 4.69) is 0 Å². The van der Waals surface area contributed by atoms with Gasteiger partial charge in [0, 0.05) is 13.1 Å². The van der Waals surface area contributed by atoms with Crippen LogP contribution in [0.4, 0.5) is 4.39 Å². The smallest absolute Gasteiger partial charge is 0.246 e. The molecule has 0 spiro atoms. The number of aliphatic hydroxyl groups excluding tert-OH is 1. The van der Waals surface area contributed by atoms with Crippen molar-refractivity contribution in [1.29, 1.82) is 0 Å². The first kappa shape index (κ1) is 13.2. The van der Waals surface area contributed by atoms with Gasteiger partial charge in [-0.3, -0.25) is 0 Å². The fourth-order valence-corrected chi connectivity index (χ4v) is 3.28. The molecule has 0 aliphatic carbocycles. The normalized spacial score (nSPS) is 17.0. The lowest BCUT2D eigenvalue weighted by molar-refractivity contribution is 0.281. The average Bonchev–Trinajstić information content (AvgIpc) is 2.39. The molecule has 0 atom stereocenters.